The number of fused-ring (bicyclic) bond motifs is 1. The summed E-state index contributed by atoms with van der Waals surface area (Å²) in [6.07, 6.45) is 1.82. The number of para-hydroxylation sites is 1. The van der Waals surface area contributed by atoms with Crippen LogP contribution in [0.15, 0.2) is 30.5 Å². The molecule has 2 rings (SSSR count). The number of esters is 1. The molecule has 0 saturated heterocycles. The Labute approximate surface area is 107 Å². The van der Waals surface area contributed by atoms with Crippen molar-refractivity contribution in [3.05, 3.63) is 36.0 Å². The molecule has 1 aromatic heterocycles. The Kier molecular flexibility index (Phi) is 3.67. The quantitative estimate of drug-likeness (QED) is 0.773. The third-order valence-corrected chi connectivity index (χ3v) is 2.89. The molecule has 1 heterocycles. The molecule has 0 aliphatic carbocycles. The zero-order valence-electron chi connectivity index (χ0n) is 11.0. The SMILES string of the molecule is CN(C)CCOC(=O)c1cn(C)c2ccccc12. The Bertz CT molecular complexity index is 558. The van der Waals surface area contributed by atoms with E-state index in [4.69, 9.17) is 4.74 Å². The number of aromatic nitrogens is 1. The molecule has 0 aliphatic rings. The molecule has 0 fully saturated rings. The molecule has 0 unspecified atom stereocenters. The van der Waals surface area contributed by atoms with Crippen molar-refractivity contribution in [1.82, 2.24) is 9.47 Å². The van der Waals surface area contributed by atoms with Gasteiger partial charge in [0.1, 0.15) is 6.61 Å². The third kappa shape index (κ3) is 2.54. The lowest BCUT2D eigenvalue weighted by Gasteiger charge is -2.09. The van der Waals surface area contributed by atoms with Gasteiger partial charge in [-0.25, -0.2) is 4.79 Å². The molecule has 0 aliphatic heterocycles. The maximum absolute atomic E-state index is 12.0. The van der Waals surface area contributed by atoms with Gasteiger partial charge in [0.05, 0.1) is 5.56 Å². The van der Waals surface area contributed by atoms with E-state index in [1.165, 1.54) is 0 Å². The lowest BCUT2D eigenvalue weighted by atomic mass is 10.2. The first-order valence-corrected chi connectivity index (χ1v) is 5.95. The van der Waals surface area contributed by atoms with Gasteiger partial charge in [0, 0.05) is 30.7 Å². The van der Waals surface area contributed by atoms with Crippen LogP contribution in [0.2, 0.25) is 0 Å². The molecular weight excluding hydrogens is 228 g/mol. The zero-order chi connectivity index (χ0) is 13.1. The first-order valence-electron chi connectivity index (χ1n) is 5.95. The van der Waals surface area contributed by atoms with Crippen LogP contribution < -0.4 is 0 Å². The highest BCUT2D eigenvalue weighted by atomic mass is 16.5. The van der Waals surface area contributed by atoms with E-state index >= 15 is 0 Å². The number of nitrogens with zero attached hydrogens (tertiary/aromatic N) is 2. The Morgan fingerprint density at radius 2 is 2.06 bits per heavy atom. The summed E-state index contributed by atoms with van der Waals surface area (Å²) in [6, 6.07) is 7.83. The molecule has 0 saturated carbocycles. The van der Waals surface area contributed by atoms with E-state index in [0.29, 0.717) is 12.2 Å². The second-order valence-electron chi connectivity index (χ2n) is 4.61. The summed E-state index contributed by atoms with van der Waals surface area (Å²) in [7, 11) is 5.83. The van der Waals surface area contributed by atoms with Gasteiger partial charge in [-0.15, -0.1) is 0 Å². The number of rotatable bonds is 4. The molecule has 18 heavy (non-hydrogen) atoms. The molecule has 1 aromatic carbocycles. The van der Waals surface area contributed by atoms with Crippen LogP contribution in [0.5, 0.6) is 0 Å². The molecular formula is C14H18N2O2. The number of hydrogen-bond donors (Lipinski definition) is 0. The summed E-state index contributed by atoms with van der Waals surface area (Å²) in [6.45, 7) is 1.14. The molecule has 2 aromatic rings. The highest BCUT2D eigenvalue weighted by Crippen LogP contribution is 2.20. The third-order valence-electron chi connectivity index (χ3n) is 2.89. The van der Waals surface area contributed by atoms with Crippen LogP contribution in [-0.2, 0) is 11.8 Å². The Balaban J connectivity index is 2.18. The van der Waals surface area contributed by atoms with Crippen LogP contribution >= 0.6 is 0 Å². The van der Waals surface area contributed by atoms with E-state index < -0.39 is 0 Å². The van der Waals surface area contributed by atoms with Gasteiger partial charge in [-0.3, -0.25) is 0 Å². The molecule has 0 spiro atoms. The maximum atomic E-state index is 12.0. The number of likely N-dealkylation sites (N-methyl/N-ethyl adjacent to an activating group) is 1. The fourth-order valence-electron chi connectivity index (χ4n) is 1.90. The van der Waals surface area contributed by atoms with Crippen molar-refractivity contribution in [2.45, 2.75) is 0 Å². The lowest BCUT2D eigenvalue weighted by Crippen LogP contribution is -2.20. The number of carbonyl (C=O) groups excluding carboxylic acids is 1. The lowest BCUT2D eigenvalue weighted by molar-refractivity contribution is 0.0484. The normalized spacial score (nSPS) is 11.1. The summed E-state index contributed by atoms with van der Waals surface area (Å²) in [5.74, 6) is -0.256. The Morgan fingerprint density at radius 1 is 1.33 bits per heavy atom. The van der Waals surface area contributed by atoms with Crippen LogP contribution in [0, 0.1) is 0 Å². The minimum Gasteiger partial charge on any atom is -0.461 e. The van der Waals surface area contributed by atoms with Crippen molar-refractivity contribution in [3.8, 4) is 0 Å². The minimum absolute atomic E-state index is 0.256. The Morgan fingerprint density at radius 3 is 2.78 bits per heavy atom. The van der Waals surface area contributed by atoms with Gasteiger partial charge >= 0.3 is 5.97 Å². The summed E-state index contributed by atoms with van der Waals surface area (Å²) < 4.78 is 7.21. The molecule has 0 bridgehead atoms. The van der Waals surface area contributed by atoms with E-state index in [0.717, 1.165) is 17.4 Å². The van der Waals surface area contributed by atoms with Crippen molar-refractivity contribution < 1.29 is 9.53 Å². The first kappa shape index (κ1) is 12.6. The molecule has 4 nitrogen and oxygen atoms in total. The van der Waals surface area contributed by atoms with Crippen molar-refractivity contribution in [2.75, 3.05) is 27.2 Å². The van der Waals surface area contributed by atoms with Gasteiger partial charge < -0.3 is 14.2 Å². The van der Waals surface area contributed by atoms with E-state index in [1.807, 2.05) is 61.1 Å². The fraction of sp³-hybridized carbons (Fsp3) is 0.357. The van der Waals surface area contributed by atoms with Crippen LogP contribution in [0.4, 0.5) is 0 Å². The molecule has 0 atom stereocenters. The number of benzene rings is 1. The van der Waals surface area contributed by atoms with Crippen LogP contribution in [0.25, 0.3) is 10.9 Å². The second-order valence-corrected chi connectivity index (χ2v) is 4.61. The molecule has 96 valence electrons. The van der Waals surface area contributed by atoms with E-state index in [9.17, 15) is 4.79 Å². The maximum Gasteiger partial charge on any atom is 0.340 e. The average molecular weight is 246 g/mol. The minimum atomic E-state index is -0.256. The molecule has 0 amide bonds. The summed E-state index contributed by atoms with van der Waals surface area (Å²) in [4.78, 5) is 14.0. The second kappa shape index (κ2) is 5.23. The van der Waals surface area contributed by atoms with E-state index in [-0.39, 0.29) is 5.97 Å². The predicted molar refractivity (Wildman–Crippen MR) is 71.8 cm³/mol. The molecule has 4 heteroatoms. The highest BCUT2D eigenvalue weighted by molar-refractivity contribution is 6.04. The van der Waals surface area contributed by atoms with Gasteiger partial charge in [-0.05, 0) is 20.2 Å². The number of ether oxygens (including phenoxy) is 1. The largest absolute Gasteiger partial charge is 0.461 e. The van der Waals surface area contributed by atoms with Gasteiger partial charge in [0.2, 0.25) is 0 Å². The van der Waals surface area contributed by atoms with Gasteiger partial charge in [0.25, 0.3) is 0 Å². The first-order chi connectivity index (χ1) is 8.59. The molecule has 0 radical (unpaired) electrons. The average Bonchev–Trinajstić information content (AvgIpc) is 2.67. The monoisotopic (exact) mass is 246 g/mol. The van der Waals surface area contributed by atoms with Crippen molar-refractivity contribution >= 4 is 16.9 Å². The van der Waals surface area contributed by atoms with Crippen LogP contribution in [-0.4, -0.2) is 42.7 Å². The van der Waals surface area contributed by atoms with Gasteiger partial charge in [0.15, 0.2) is 0 Å². The van der Waals surface area contributed by atoms with Crippen molar-refractivity contribution in [3.63, 3.8) is 0 Å². The standard InChI is InChI=1S/C14H18N2O2/c1-15(2)8-9-18-14(17)12-10-16(3)13-7-5-4-6-11(12)13/h4-7,10H,8-9H2,1-3H3. The topological polar surface area (TPSA) is 34.5 Å². The highest BCUT2D eigenvalue weighted by Gasteiger charge is 2.14. The van der Waals surface area contributed by atoms with E-state index in [1.54, 1.807) is 0 Å². The van der Waals surface area contributed by atoms with Crippen molar-refractivity contribution in [2.24, 2.45) is 7.05 Å². The van der Waals surface area contributed by atoms with Crippen LogP contribution in [0.1, 0.15) is 10.4 Å². The van der Waals surface area contributed by atoms with E-state index in [2.05, 4.69) is 0 Å². The predicted octanol–water partition coefficient (Wildman–Crippen LogP) is 1.90. The van der Waals surface area contributed by atoms with Gasteiger partial charge in [-0.1, -0.05) is 18.2 Å². The van der Waals surface area contributed by atoms with Crippen LogP contribution in [0.3, 0.4) is 0 Å². The Hall–Kier alpha value is -1.81. The molecule has 0 N–H and O–H groups in total. The number of hydrogen-bond acceptors (Lipinski definition) is 3. The summed E-state index contributed by atoms with van der Waals surface area (Å²) in [5.41, 5.74) is 1.67. The van der Waals surface area contributed by atoms with Crippen molar-refractivity contribution in [1.29, 1.82) is 0 Å². The number of aryl methyl sites for hydroxylation is 1. The fourth-order valence-corrected chi connectivity index (χ4v) is 1.90. The number of carbonyl (C=O) groups is 1. The smallest absolute Gasteiger partial charge is 0.340 e. The summed E-state index contributed by atoms with van der Waals surface area (Å²) in [5, 5.41) is 0.940. The summed E-state index contributed by atoms with van der Waals surface area (Å²) >= 11 is 0. The zero-order valence-corrected chi connectivity index (χ0v) is 11.0. The van der Waals surface area contributed by atoms with Gasteiger partial charge in [-0.2, -0.15) is 0 Å².